The lowest BCUT2D eigenvalue weighted by Gasteiger charge is -2.61. The molecule has 3 nitrogen and oxygen atoms in total. The van der Waals surface area contributed by atoms with Gasteiger partial charge in [-0.25, -0.2) is 4.79 Å². The molecule has 7 atom stereocenters. The molecule has 0 radical (unpaired) electrons. The number of allylic oxidation sites excluding steroid dienone is 3. The van der Waals surface area contributed by atoms with E-state index < -0.39 is 5.97 Å². The first-order valence-electron chi connectivity index (χ1n) is 14.2. The third-order valence-corrected chi connectivity index (χ3v) is 11.2. The van der Waals surface area contributed by atoms with Crippen molar-refractivity contribution in [2.24, 2.45) is 45.8 Å². The highest BCUT2D eigenvalue weighted by Gasteiger charge is 2.58. The van der Waals surface area contributed by atoms with Crippen molar-refractivity contribution < 1.29 is 15.0 Å². The summed E-state index contributed by atoms with van der Waals surface area (Å²) in [6, 6.07) is 0. The van der Waals surface area contributed by atoms with E-state index in [9.17, 15) is 15.0 Å². The Morgan fingerprint density at radius 3 is 2.41 bits per heavy atom. The predicted octanol–water partition coefficient (Wildman–Crippen LogP) is 7.79. The Hall–Kier alpha value is -1.09. The van der Waals surface area contributed by atoms with Crippen LogP contribution in [0.15, 0.2) is 23.3 Å². The molecule has 0 aromatic rings. The van der Waals surface area contributed by atoms with Gasteiger partial charge in [-0.1, -0.05) is 65.2 Å². The average molecular weight is 471 g/mol. The second-order valence-electron chi connectivity index (χ2n) is 13.8. The van der Waals surface area contributed by atoms with E-state index in [0.29, 0.717) is 35.0 Å². The van der Waals surface area contributed by atoms with E-state index in [2.05, 4.69) is 47.6 Å². The average Bonchev–Trinajstić information content (AvgIpc) is 3.16. The van der Waals surface area contributed by atoms with Crippen molar-refractivity contribution in [1.82, 2.24) is 0 Å². The van der Waals surface area contributed by atoms with E-state index in [0.717, 1.165) is 38.5 Å². The van der Waals surface area contributed by atoms with Crippen molar-refractivity contribution in [3.63, 3.8) is 0 Å². The van der Waals surface area contributed by atoms with Gasteiger partial charge >= 0.3 is 5.97 Å². The van der Waals surface area contributed by atoms with Crippen molar-refractivity contribution in [2.45, 2.75) is 118 Å². The Bertz CT molecular complexity index is 836. The lowest BCUT2D eigenvalue weighted by atomic mass is 9.44. The fourth-order valence-electron chi connectivity index (χ4n) is 9.40. The summed E-state index contributed by atoms with van der Waals surface area (Å²) in [6.07, 6.45) is 16.1. The van der Waals surface area contributed by atoms with Crippen LogP contribution in [0, 0.1) is 45.8 Å². The molecular weight excluding hydrogens is 420 g/mol. The lowest BCUT2D eigenvalue weighted by Crippen LogP contribution is -2.53. The van der Waals surface area contributed by atoms with Crippen LogP contribution in [-0.2, 0) is 4.79 Å². The van der Waals surface area contributed by atoms with Gasteiger partial charge < -0.3 is 10.2 Å². The van der Waals surface area contributed by atoms with E-state index in [4.69, 9.17) is 0 Å². The molecule has 0 aromatic carbocycles. The van der Waals surface area contributed by atoms with E-state index in [1.807, 2.05) is 0 Å². The maximum Gasteiger partial charge on any atom is 0.328 e. The van der Waals surface area contributed by atoms with Crippen LogP contribution in [0.3, 0.4) is 0 Å². The van der Waals surface area contributed by atoms with Crippen molar-refractivity contribution in [3.8, 4) is 0 Å². The molecule has 4 aliphatic rings. The second kappa shape index (κ2) is 9.41. The number of aliphatic carboxylic acids is 1. The molecule has 0 heterocycles. The SMILES string of the molecule is CC(C)C1=C2C3CCC4C(C)(C)CCC(O)C(C)CCCC4(C)C3CCC2(/C=C/C(=O)O)CC1. The molecule has 0 spiro atoms. The minimum Gasteiger partial charge on any atom is -0.478 e. The standard InChI is InChI=1S/C31H50O3/c1-20(2)22-11-17-31(19-14-27(33)34)18-12-24-23(28(22)31)9-10-26-29(4,5)16-13-25(32)21(3)8-7-15-30(24,26)6/h14,19-21,23-26,32H,7-13,15-18H2,1-6H3,(H,33,34)/b19-14+. The highest BCUT2D eigenvalue weighted by molar-refractivity contribution is 5.80. The number of carboxylic acids is 1. The molecule has 0 amide bonds. The fraction of sp³-hybridized carbons (Fsp3) is 0.839. The van der Waals surface area contributed by atoms with Crippen LogP contribution in [-0.4, -0.2) is 22.3 Å². The van der Waals surface area contributed by atoms with Gasteiger partial charge in [-0.2, -0.15) is 0 Å². The second-order valence-corrected chi connectivity index (χ2v) is 13.8. The maximum atomic E-state index is 11.5. The van der Waals surface area contributed by atoms with Crippen LogP contribution in [0.1, 0.15) is 112 Å². The monoisotopic (exact) mass is 470 g/mol. The summed E-state index contributed by atoms with van der Waals surface area (Å²) < 4.78 is 0. The molecule has 0 saturated heterocycles. The van der Waals surface area contributed by atoms with Crippen LogP contribution in [0.2, 0.25) is 0 Å². The molecule has 3 heteroatoms. The summed E-state index contributed by atoms with van der Waals surface area (Å²) in [4.78, 5) is 11.5. The first-order chi connectivity index (χ1) is 15.9. The third kappa shape index (κ3) is 4.44. The normalized spacial score (nSPS) is 42.9. The Morgan fingerprint density at radius 1 is 1.00 bits per heavy atom. The Morgan fingerprint density at radius 2 is 1.74 bits per heavy atom. The third-order valence-electron chi connectivity index (χ3n) is 11.2. The molecule has 3 fully saturated rings. The predicted molar refractivity (Wildman–Crippen MR) is 139 cm³/mol. The topological polar surface area (TPSA) is 57.5 Å². The number of hydrogen-bond acceptors (Lipinski definition) is 2. The lowest BCUT2D eigenvalue weighted by molar-refractivity contribution is -0.131. The van der Waals surface area contributed by atoms with E-state index in [-0.39, 0.29) is 16.9 Å². The maximum absolute atomic E-state index is 11.5. The molecule has 2 N–H and O–H groups in total. The van der Waals surface area contributed by atoms with E-state index in [1.165, 1.54) is 38.2 Å². The van der Waals surface area contributed by atoms with Crippen molar-refractivity contribution in [2.75, 3.05) is 0 Å². The van der Waals surface area contributed by atoms with Crippen LogP contribution in [0.4, 0.5) is 0 Å². The fourth-order valence-corrected chi connectivity index (χ4v) is 9.40. The number of aliphatic hydroxyl groups excluding tert-OH is 1. The number of hydrogen-bond donors (Lipinski definition) is 2. The zero-order valence-corrected chi connectivity index (χ0v) is 22.7. The Labute approximate surface area is 208 Å². The number of fused-ring (bicyclic) bond motifs is 5. The highest BCUT2D eigenvalue weighted by Crippen LogP contribution is 2.68. The molecule has 7 unspecified atom stereocenters. The smallest absolute Gasteiger partial charge is 0.328 e. The van der Waals surface area contributed by atoms with Gasteiger partial charge in [0.2, 0.25) is 0 Å². The van der Waals surface area contributed by atoms with Gasteiger partial charge in [-0.05, 0) is 105 Å². The van der Waals surface area contributed by atoms with E-state index in [1.54, 1.807) is 11.1 Å². The van der Waals surface area contributed by atoms with Gasteiger partial charge in [0, 0.05) is 11.5 Å². The number of rotatable bonds is 3. The molecule has 4 rings (SSSR count). The molecule has 0 aromatic heterocycles. The zero-order chi connectivity index (χ0) is 24.9. The van der Waals surface area contributed by atoms with Gasteiger partial charge in [0.15, 0.2) is 0 Å². The molecule has 0 bridgehead atoms. The van der Waals surface area contributed by atoms with Crippen LogP contribution < -0.4 is 0 Å². The summed E-state index contributed by atoms with van der Waals surface area (Å²) >= 11 is 0. The summed E-state index contributed by atoms with van der Waals surface area (Å²) in [7, 11) is 0. The highest BCUT2D eigenvalue weighted by atomic mass is 16.4. The molecular formula is C31H50O3. The van der Waals surface area contributed by atoms with Crippen molar-refractivity contribution in [3.05, 3.63) is 23.3 Å². The van der Waals surface area contributed by atoms with Gasteiger partial charge in [0.05, 0.1) is 6.10 Å². The summed E-state index contributed by atoms with van der Waals surface area (Å²) in [6.45, 7) is 14.5. The number of carboxylic acid groups (broad SMARTS) is 1. The van der Waals surface area contributed by atoms with Gasteiger partial charge in [-0.3, -0.25) is 0 Å². The minimum absolute atomic E-state index is 0.0213. The zero-order valence-electron chi connectivity index (χ0n) is 22.7. The van der Waals surface area contributed by atoms with Crippen LogP contribution in [0.5, 0.6) is 0 Å². The van der Waals surface area contributed by atoms with Crippen LogP contribution >= 0.6 is 0 Å². The molecule has 192 valence electrons. The largest absolute Gasteiger partial charge is 0.478 e. The number of aliphatic hydroxyl groups is 1. The summed E-state index contributed by atoms with van der Waals surface area (Å²) in [5.41, 5.74) is 3.83. The summed E-state index contributed by atoms with van der Waals surface area (Å²) in [5, 5.41) is 20.2. The molecule has 0 aliphatic heterocycles. The van der Waals surface area contributed by atoms with Crippen molar-refractivity contribution in [1.29, 1.82) is 0 Å². The molecule has 34 heavy (non-hydrogen) atoms. The summed E-state index contributed by atoms with van der Waals surface area (Å²) in [5.74, 6) is 2.11. The van der Waals surface area contributed by atoms with Gasteiger partial charge in [-0.15, -0.1) is 0 Å². The molecule has 3 saturated carbocycles. The number of carbonyl (C=O) groups is 1. The minimum atomic E-state index is -0.810. The van der Waals surface area contributed by atoms with Crippen LogP contribution in [0.25, 0.3) is 0 Å². The Kier molecular flexibility index (Phi) is 7.19. The first kappa shape index (κ1) is 26.0. The van der Waals surface area contributed by atoms with Gasteiger partial charge in [0.25, 0.3) is 0 Å². The van der Waals surface area contributed by atoms with Crippen molar-refractivity contribution >= 4 is 5.97 Å². The first-order valence-corrected chi connectivity index (χ1v) is 14.2. The quantitative estimate of drug-likeness (QED) is 0.327. The Balaban J connectivity index is 1.74. The van der Waals surface area contributed by atoms with E-state index >= 15 is 0 Å². The molecule has 4 aliphatic carbocycles. The van der Waals surface area contributed by atoms with Gasteiger partial charge in [0.1, 0.15) is 0 Å².